The second kappa shape index (κ2) is 9.00. The zero-order valence-corrected chi connectivity index (χ0v) is 19.6. The van der Waals surface area contributed by atoms with Crippen molar-refractivity contribution in [1.29, 1.82) is 0 Å². The van der Waals surface area contributed by atoms with Gasteiger partial charge in [-0.05, 0) is 51.0 Å². The highest BCUT2D eigenvalue weighted by atomic mass is 16.3. The van der Waals surface area contributed by atoms with Crippen LogP contribution in [0.15, 0.2) is 47.9 Å². The minimum atomic E-state index is -0.175. The molecule has 5 aliphatic rings. The molecule has 2 amide bonds. The Bertz CT molecular complexity index is 976. The number of carbonyl (C=O) groups is 2. The first kappa shape index (κ1) is 22.2. The molecule has 176 valence electrons. The molecule has 2 saturated heterocycles. The fourth-order valence-electron chi connectivity index (χ4n) is 6.79. The van der Waals surface area contributed by atoms with Crippen molar-refractivity contribution in [2.45, 2.75) is 82.2 Å². The third kappa shape index (κ3) is 3.70. The number of aryl methyl sites for hydroxylation is 1. The van der Waals surface area contributed by atoms with Crippen LogP contribution in [0.2, 0.25) is 0 Å². The van der Waals surface area contributed by atoms with E-state index < -0.39 is 0 Å². The Kier molecular flexibility index (Phi) is 6.07. The van der Waals surface area contributed by atoms with Crippen molar-refractivity contribution in [2.24, 2.45) is 5.41 Å². The van der Waals surface area contributed by atoms with Gasteiger partial charge in [0.15, 0.2) is 0 Å². The molecule has 6 rings (SSSR count). The number of hydrogen-bond donors (Lipinski definition) is 0. The normalized spacial score (nSPS) is 31.9. The molecule has 6 bridgehead atoms. The number of allylic oxidation sites excluding steroid dienone is 3. The number of hydrogen-bond acceptors (Lipinski definition) is 3. The van der Waals surface area contributed by atoms with E-state index >= 15 is 0 Å². The third-order valence-corrected chi connectivity index (χ3v) is 8.28. The van der Waals surface area contributed by atoms with Crippen molar-refractivity contribution in [3.8, 4) is 0 Å². The molecule has 5 heteroatoms. The first-order chi connectivity index (χ1) is 16.1. The molecule has 5 nitrogen and oxygen atoms in total. The maximum atomic E-state index is 13.5. The fourth-order valence-corrected chi connectivity index (χ4v) is 6.79. The topological polar surface area (TPSA) is 53.8 Å². The van der Waals surface area contributed by atoms with Gasteiger partial charge in [0.1, 0.15) is 11.5 Å². The third-order valence-electron chi connectivity index (χ3n) is 8.28. The van der Waals surface area contributed by atoms with Crippen LogP contribution >= 0.6 is 0 Å². The second-order valence-corrected chi connectivity index (χ2v) is 10.2. The largest absolute Gasteiger partial charge is 0.464 e. The number of fused-ring (bicyclic) bond motifs is 7. The molecule has 0 aromatic carbocycles. The van der Waals surface area contributed by atoms with Crippen LogP contribution in [-0.4, -0.2) is 40.7 Å². The van der Waals surface area contributed by atoms with Gasteiger partial charge in [-0.25, -0.2) is 0 Å². The lowest BCUT2D eigenvalue weighted by Crippen LogP contribution is -2.50. The van der Waals surface area contributed by atoms with Crippen LogP contribution < -0.4 is 0 Å². The van der Waals surface area contributed by atoms with Gasteiger partial charge >= 0.3 is 0 Å². The number of unbranched alkanes of at least 4 members (excludes halogenated alkanes) is 1. The minimum Gasteiger partial charge on any atom is -0.464 e. The number of carbonyl (C=O) groups excluding carboxylic acids is 2. The highest BCUT2D eigenvalue weighted by Crippen LogP contribution is 2.67. The average Bonchev–Trinajstić information content (AvgIpc) is 3.41. The molecule has 2 fully saturated rings. The summed E-state index contributed by atoms with van der Waals surface area (Å²) >= 11 is 0. The summed E-state index contributed by atoms with van der Waals surface area (Å²) in [6.07, 6.45) is 16.8. The zero-order chi connectivity index (χ0) is 23.0. The standard InChI is InChI=1S/C28H36N2O3/c1-3-5-10-14-24(31)30-20(4-2)18-28-19-29-15-12-9-7-6-8-11-13-21-16-22(23(28)17-25(29)32)26(33-21)27(28)30/h3-4,6,8,16,20,23,27H,1-2,5,7,9-15,17-19H2/b8-6-/t20-,23?,27+,28-/m0/s1. The molecule has 1 unspecified atom stereocenters. The maximum Gasteiger partial charge on any atom is 0.223 e. The van der Waals surface area contributed by atoms with Crippen LogP contribution in [0.3, 0.4) is 0 Å². The molecule has 1 aliphatic carbocycles. The molecule has 4 atom stereocenters. The van der Waals surface area contributed by atoms with E-state index in [0.717, 1.165) is 69.4 Å². The number of piperidine rings is 1. The highest BCUT2D eigenvalue weighted by Gasteiger charge is 2.66. The summed E-state index contributed by atoms with van der Waals surface area (Å²) in [6, 6.07) is 2.06. The minimum absolute atomic E-state index is 0.0210. The molecule has 1 aromatic rings. The van der Waals surface area contributed by atoms with E-state index in [0.29, 0.717) is 19.4 Å². The summed E-state index contributed by atoms with van der Waals surface area (Å²) in [7, 11) is 0. The van der Waals surface area contributed by atoms with Crippen molar-refractivity contribution in [3.63, 3.8) is 0 Å². The Hall–Kier alpha value is -2.56. The molecule has 4 aliphatic heterocycles. The monoisotopic (exact) mass is 448 g/mol. The highest BCUT2D eigenvalue weighted by molar-refractivity contribution is 5.81. The summed E-state index contributed by atoms with van der Waals surface area (Å²) in [4.78, 5) is 30.9. The zero-order valence-electron chi connectivity index (χ0n) is 19.6. The van der Waals surface area contributed by atoms with Crippen LogP contribution in [0.5, 0.6) is 0 Å². The van der Waals surface area contributed by atoms with Gasteiger partial charge in [-0.15, -0.1) is 13.2 Å². The van der Waals surface area contributed by atoms with Crippen molar-refractivity contribution in [3.05, 3.63) is 60.6 Å². The van der Waals surface area contributed by atoms with Gasteiger partial charge in [0, 0.05) is 49.2 Å². The van der Waals surface area contributed by atoms with Crippen molar-refractivity contribution in [2.75, 3.05) is 13.1 Å². The van der Waals surface area contributed by atoms with Crippen molar-refractivity contribution in [1.82, 2.24) is 9.80 Å². The summed E-state index contributed by atoms with van der Waals surface area (Å²) in [5.41, 5.74) is 1.000. The van der Waals surface area contributed by atoms with E-state index in [1.165, 1.54) is 5.56 Å². The van der Waals surface area contributed by atoms with Crippen LogP contribution in [0.25, 0.3) is 0 Å². The number of amides is 2. The van der Waals surface area contributed by atoms with Gasteiger partial charge in [-0.2, -0.15) is 0 Å². The Morgan fingerprint density at radius 1 is 1.24 bits per heavy atom. The van der Waals surface area contributed by atoms with Gasteiger partial charge < -0.3 is 14.2 Å². The van der Waals surface area contributed by atoms with Gasteiger partial charge in [0.25, 0.3) is 0 Å². The molecular formula is C28H36N2O3. The average molecular weight is 449 g/mol. The van der Waals surface area contributed by atoms with E-state index in [1.807, 2.05) is 12.2 Å². The van der Waals surface area contributed by atoms with Crippen LogP contribution in [0.1, 0.15) is 86.8 Å². The molecule has 0 N–H and O–H groups in total. The second-order valence-electron chi connectivity index (χ2n) is 10.2. The fraction of sp³-hybridized carbons (Fsp3) is 0.571. The van der Waals surface area contributed by atoms with Gasteiger partial charge in [0.2, 0.25) is 11.8 Å². The Morgan fingerprint density at radius 2 is 2.09 bits per heavy atom. The first-order valence-corrected chi connectivity index (χ1v) is 12.7. The number of nitrogens with zero attached hydrogens (tertiary/aromatic N) is 2. The lowest BCUT2D eigenvalue weighted by atomic mass is 9.68. The Balaban J connectivity index is 1.57. The molecule has 0 radical (unpaired) electrons. The van der Waals surface area contributed by atoms with E-state index in [1.54, 1.807) is 0 Å². The number of rotatable bonds is 5. The summed E-state index contributed by atoms with van der Waals surface area (Å²) in [5, 5.41) is 0. The molecule has 1 aromatic heterocycles. The van der Waals surface area contributed by atoms with Gasteiger partial charge in [-0.1, -0.05) is 24.3 Å². The van der Waals surface area contributed by atoms with E-state index in [9.17, 15) is 9.59 Å². The predicted octanol–water partition coefficient (Wildman–Crippen LogP) is 5.45. The maximum absolute atomic E-state index is 13.5. The first-order valence-electron chi connectivity index (χ1n) is 12.7. The summed E-state index contributed by atoms with van der Waals surface area (Å²) in [6.45, 7) is 9.40. The quantitative estimate of drug-likeness (QED) is 0.444. The van der Waals surface area contributed by atoms with Gasteiger partial charge in [-0.3, -0.25) is 9.59 Å². The summed E-state index contributed by atoms with van der Waals surface area (Å²) in [5.74, 6) is 2.44. The van der Waals surface area contributed by atoms with E-state index in [2.05, 4.69) is 41.2 Å². The van der Waals surface area contributed by atoms with E-state index in [4.69, 9.17) is 4.42 Å². The van der Waals surface area contributed by atoms with E-state index in [-0.39, 0.29) is 35.2 Å². The Morgan fingerprint density at radius 3 is 2.91 bits per heavy atom. The van der Waals surface area contributed by atoms with Crippen LogP contribution in [-0.2, 0) is 16.0 Å². The summed E-state index contributed by atoms with van der Waals surface area (Å²) < 4.78 is 6.52. The molecule has 33 heavy (non-hydrogen) atoms. The Labute approximate surface area is 197 Å². The van der Waals surface area contributed by atoms with Crippen LogP contribution in [0.4, 0.5) is 0 Å². The van der Waals surface area contributed by atoms with Crippen LogP contribution in [0, 0.1) is 5.41 Å². The van der Waals surface area contributed by atoms with Gasteiger partial charge in [0.05, 0.1) is 12.1 Å². The molecule has 1 spiro atoms. The number of likely N-dealkylation sites (tertiary alicyclic amines) is 1. The lowest BCUT2D eigenvalue weighted by Gasteiger charge is -2.45. The molecule has 5 heterocycles. The smallest absolute Gasteiger partial charge is 0.223 e. The lowest BCUT2D eigenvalue weighted by molar-refractivity contribution is -0.141. The molecule has 0 saturated carbocycles. The van der Waals surface area contributed by atoms with Crippen molar-refractivity contribution < 1.29 is 14.0 Å². The van der Waals surface area contributed by atoms with Crippen molar-refractivity contribution >= 4 is 11.8 Å². The number of furan rings is 1. The SMILES string of the molecule is C=CCCCC(=O)N1[C@@H](C=C)C[C@@]23CN4CCCC/C=C\CCc5cc(c(o5)[C@@H]12)C3CC4=O. The molecular weight excluding hydrogens is 412 g/mol. The predicted molar refractivity (Wildman–Crippen MR) is 129 cm³/mol.